The standard InChI is InChI=1S/C70H70/c1-9-11-13-19-37-70(38-20-14-12-10-2)60-24-18-16-22-52(60)58-36-30-50(44-66(58)70)49-29-35-57-56-34-28-48(42-64(56)69(7,8)65(57)43-49)47-27-33-55-54-32-26-46(40-62(54)68(5,6)63(55)41-47)45-25-31-53-51-21-15-17-23-59(51)67(3,4)61(53)39-45/h15-18,21-36,39-44H,9-14,19-20,37-38H2,1-8H3. The van der Waals surface area contributed by atoms with Crippen molar-refractivity contribution in [2.75, 3.05) is 0 Å². The van der Waals surface area contributed by atoms with Crippen molar-refractivity contribution in [3.05, 3.63) is 202 Å². The molecule has 12 rings (SSSR count). The largest absolute Gasteiger partial charge is 0.0654 e. The van der Waals surface area contributed by atoms with Crippen molar-refractivity contribution in [3.8, 4) is 77.9 Å². The van der Waals surface area contributed by atoms with Crippen LogP contribution in [-0.2, 0) is 21.7 Å². The Morgan fingerprint density at radius 1 is 0.257 bits per heavy atom. The van der Waals surface area contributed by atoms with Crippen LogP contribution in [0.5, 0.6) is 0 Å². The van der Waals surface area contributed by atoms with Crippen molar-refractivity contribution in [1.82, 2.24) is 0 Å². The van der Waals surface area contributed by atoms with Crippen LogP contribution >= 0.6 is 0 Å². The van der Waals surface area contributed by atoms with E-state index in [2.05, 4.69) is 213 Å². The van der Waals surface area contributed by atoms with Crippen LogP contribution in [0.1, 0.15) is 164 Å². The molecular weight excluding hydrogens is 841 g/mol. The molecule has 0 bridgehead atoms. The van der Waals surface area contributed by atoms with E-state index in [1.165, 1.54) is 175 Å². The summed E-state index contributed by atoms with van der Waals surface area (Å²) in [6, 6.07) is 62.1. The maximum Gasteiger partial charge on any atom is 0.0215 e. The Labute approximate surface area is 419 Å². The van der Waals surface area contributed by atoms with Crippen LogP contribution in [0.25, 0.3) is 77.9 Å². The van der Waals surface area contributed by atoms with Crippen molar-refractivity contribution in [2.45, 2.75) is 141 Å². The molecule has 0 atom stereocenters. The third-order valence-electron chi connectivity index (χ3n) is 18.1. The zero-order valence-corrected chi connectivity index (χ0v) is 43.1. The van der Waals surface area contributed by atoms with Crippen molar-refractivity contribution in [3.63, 3.8) is 0 Å². The number of fused-ring (bicyclic) bond motifs is 12. The highest BCUT2D eigenvalue weighted by molar-refractivity contribution is 5.91. The fourth-order valence-electron chi connectivity index (χ4n) is 14.1. The molecule has 0 radical (unpaired) electrons. The number of rotatable bonds is 13. The van der Waals surface area contributed by atoms with Gasteiger partial charge in [0.25, 0.3) is 0 Å². The van der Waals surface area contributed by atoms with Gasteiger partial charge < -0.3 is 0 Å². The van der Waals surface area contributed by atoms with Gasteiger partial charge in [0.05, 0.1) is 0 Å². The van der Waals surface area contributed by atoms with Crippen LogP contribution < -0.4 is 0 Å². The summed E-state index contributed by atoms with van der Waals surface area (Å²) >= 11 is 0. The second-order valence-corrected chi connectivity index (χ2v) is 23.2. The van der Waals surface area contributed by atoms with Crippen LogP contribution in [0.3, 0.4) is 0 Å². The molecule has 0 nitrogen and oxygen atoms in total. The van der Waals surface area contributed by atoms with Gasteiger partial charge in [0.1, 0.15) is 0 Å². The second-order valence-electron chi connectivity index (χ2n) is 23.2. The Morgan fingerprint density at radius 3 is 0.886 bits per heavy atom. The SMILES string of the molecule is CCCCCCC1(CCCCCC)c2ccccc2-c2ccc(-c3ccc4c(c3)C(C)(C)c3cc(-c5ccc6c(c5)C(C)(C)c5cc(-c7ccc8c(c7)C(C)(C)c7ccccc7-8)ccc5-6)ccc3-4)cc21. The highest BCUT2D eigenvalue weighted by atomic mass is 14.5. The highest BCUT2D eigenvalue weighted by Crippen LogP contribution is 2.57. The number of hydrogen-bond donors (Lipinski definition) is 0. The maximum atomic E-state index is 2.62. The van der Waals surface area contributed by atoms with Crippen LogP contribution in [0.4, 0.5) is 0 Å². The van der Waals surface area contributed by atoms with E-state index in [1.807, 2.05) is 0 Å². The lowest BCUT2D eigenvalue weighted by Crippen LogP contribution is -2.25. The highest BCUT2D eigenvalue weighted by Gasteiger charge is 2.43. The second kappa shape index (κ2) is 16.7. The first-order chi connectivity index (χ1) is 33.9. The summed E-state index contributed by atoms with van der Waals surface area (Å²) in [4.78, 5) is 0. The Morgan fingerprint density at radius 2 is 0.529 bits per heavy atom. The zero-order valence-electron chi connectivity index (χ0n) is 43.1. The van der Waals surface area contributed by atoms with Gasteiger partial charge in [-0.2, -0.15) is 0 Å². The van der Waals surface area contributed by atoms with Gasteiger partial charge in [-0.15, -0.1) is 0 Å². The predicted octanol–water partition coefficient (Wildman–Crippen LogP) is 19.8. The summed E-state index contributed by atoms with van der Waals surface area (Å²) in [5.41, 5.74) is 30.5. The lowest BCUT2D eigenvalue weighted by Gasteiger charge is -2.33. The lowest BCUT2D eigenvalue weighted by atomic mass is 9.70. The summed E-state index contributed by atoms with van der Waals surface area (Å²) in [5.74, 6) is 0. The van der Waals surface area contributed by atoms with Crippen molar-refractivity contribution >= 4 is 0 Å². The predicted molar refractivity (Wildman–Crippen MR) is 299 cm³/mol. The third kappa shape index (κ3) is 6.75. The summed E-state index contributed by atoms with van der Waals surface area (Å²) in [5, 5.41) is 0. The van der Waals surface area contributed by atoms with Crippen molar-refractivity contribution in [1.29, 1.82) is 0 Å². The first-order valence-electron chi connectivity index (χ1n) is 27.0. The summed E-state index contributed by atoms with van der Waals surface area (Å²) in [6.07, 6.45) is 12.9. The van der Waals surface area contributed by atoms with E-state index in [9.17, 15) is 0 Å². The first-order valence-corrected chi connectivity index (χ1v) is 27.0. The molecule has 0 aliphatic heterocycles. The Hall–Kier alpha value is -6.24. The van der Waals surface area contributed by atoms with Crippen LogP contribution in [0, 0.1) is 0 Å². The molecule has 0 amide bonds. The quantitative estimate of drug-likeness (QED) is 0.101. The maximum absolute atomic E-state index is 2.62. The Bertz CT molecular complexity index is 3370. The molecule has 4 aliphatic rings. The fraction of sp³-hybridized carbons (Fsp3) is 0.314. The van der Waals surface area contributed by atoms with E-state index in [0.29, 0.717) is 0 Å². The Balaban J connectivity index is 0.845. The molecule has 0 unspecified atom stereocenters. The van der Waals surface area contributed by atoms with Gasteiger partial charge in [-0.3, -0.25) is 0 Å². The topological polar surface area (TPSA) is 0 Å². The zero-order chi connectivity index (χ0) is 48.2. The molecule has 70 heavy (non-hydrogen) atoms. The third-order valence-corrected chi connectivity index (χ3v) is 18.1. The molecule has 0 spiro atoms. The minimum Gasteiger partial charge on any atom is -0.0654 e. The lowest BCUT2D eigenvalue weighted by molar-refractivity contribution is 0.401. The molecule has 0 heterocycles. The van der Waals surface area contributed by atoms with Crippen LogP contribution in [-0.4, -0.2) is 0 Å². The minimum absolute atomic E-state index is 0.0198. The molecule has 0 saturated carbocycles. The van der Waals surface area contributed by atoms with E-state index in [-0.39, 0.29) is 21.7 Å². The number of unbranched alkanes of at least 4 members (excludes halogenated alkanes) is 6. The fourth-order valence-corrected chi connectivity index (χ4v) is 14.1. The van der Waals surface area contributed by atoms with Gasteiger partial charge in [-0.25, -0.2) is 0 Å². The van der Waals surface area contributed by atoms with Gasteiger partial charge in [-0.05, 0) is 172 Å². The molecule has 0 heteroatoms. The summed E-state index contributed by atoms with van der Waals surface area (Å²) in [6.45, 7) is 19.2. The minimum atomic E-state index is -0.135. The van der Waals surface area contributed by atoms with Crippen molar-refractivity contribution < 1.29 is 0 Å². The molecule has 0 N–H and O–H groups in total. The van der Waals surface area contributed by atoms with Gasteiger partial charge in [0, 0.05) is 21.7 Å². The first kappa shape index (κ1) is 44.9. The van der Waals surface area contributed by atoms with Crippen LogP contribution in [0.15, 0.2) is 158 Å². The molecule has 350 valence electrons. The summed E-state index contributed by atoms with van der Waals surface area (Å²) in [7, 11) is 0. The van der Waals surface area contributed by atoms with Gasteiger partial charge in [-0.1, -0.05) is 228 Å². The van der Waals surface area contributed by atoms with Gasteiger partial charge in [0.15, 0.2) is 0 Å². The average Bonchev–Trinajstić information content (AvgIpc) is 3.97. The van der Waals surface area contributed by atoms with Crippen molar-refractivity contribution in [2.24, 2.45) is 0 Å². The molecule has 4 aliphatic carbocycles. The van der Waals surface area contributed by atoms with Gasteiger partial charge >= 0.3 is 0 Å². The number of benzene rings is 8. The van der Waals surface area contributed by atoms with E-state index in [0.717, 1.165) is 0 Å². The molecule has 0 fully saturated rings. The van der Waals surface area contributed by atoms with Gasteiger partial charge in [0.2, 0.25) is 0 Å². The smallest absolute Gasteiger partial charge is 0.0215 e. The molecule has 8 aromatic carbocycles. The van der Waals surface area contributed by atoms with E-state index >= 15 is 0 Å². The summed E-state index contributed by atoms with van der Waals surface area (Å²) < 4.78 is 0. The molecule has 8 aromatic rings. The number of hydrogen-bond acceptors (Lipinski definition) is 0. The Kier molecular flexibility index (Phi) is 10.7. The molecular formula is C70H70. The van der Waals surface area contributed by atoms with E-state index in [4.69, 9.17) is 0 Å². The van der Waals surface area contributed by atoms with E-state index < -0.39 is 0 Å². The van der Waals surface area contributed by atoms with E-state index in [1.54, 1.807) is 11.1 Å². The molecule has 0 saturated heterocycles. The monoisotopic (exact) mass is 911 g/mol. The normalized spacial score (nSPS) is 16.2. The molecule has 0 aromatic heterocycles. The van der Waals surface area contributed by atoms with Crippen LogP contribution in [0.2, 0.25) is 0 Å². The average molecular weight is 911 g/mol.